The Morgan fingerprint density at radius 3 is 3.08 bits per heavy atom. The van der Waals surface area contributed by atoms with Crippen LogP contribution < -0.4 is 5.32 Å². The summed E-state index contributed by atoms with van der Waals surface area (Å²) in [5.74, 6) is 0. The van der Waals surface area contributed by atoms with Gasteiger partial charge in [0.05, 0.1) is 12.1 Å². The molecule has 2 rings (SSSR count). The van der Waals surface area contributed by atoms with Crippen molar-refractivity contribution < 1.29 is 0 Å². The highest BCUT2D eigenvalue weighted by Gasteiger charge is 2.16. The molecule has 0 fully saturated rings. The molecular weight excluding hydrogens is 228 g/mol. The normalized spacial score (nSPS) is 20.5. The molecule has 0 spiro atoms. The van der Waals surface area contributed by atoms with E-state index in [9.17, 15) is 0 Å². The van der Waals surface area contributed by atoms with E-state index in [-0.39, 0.29) is 6.04 Å². The Balaban J connectivity index is 2.34. The Hall–Kier alpha value is -0.850. The van der Waals surface area contributed by atoms with Gasteiger partial charge in [0.15, 0.2) is 0 Å². The summed E-state index contributed by atoms with van der Waals surface area (Å²) >= 11 is 3.43. The fraction of sp³-hybridized carbons (Fsp3) is 0.300. The smallest absolute Gasteiger partial charge is 0.0996 e. The van der Waals surface area contributed by atoms with E-state index in [1.165, 1.54) is 11.1 Å². The average molecular weight is 237 g/mol. The summed E-state index contributed by atoms with van der Waals surface area (Å²) in [6.45, 7) is 0.806. The van der Waals surface area contributed by atoms with Crippen LogP contribution in [0.4, 0.5) is 0 Å². The first-order valence-corrected chi connectivity index (χ1v) is 4.99. The van der Waals surface area contributed by atoms with E-state index in [0.717, 1.165) is 17.4 Å². The Kier molecular flexibility index (Phi) is 2.34. The number of halogens is 1. The zero-order chi connectivity index (χ0) is 9.26. The Morgan fingerprint density at radius 1 is 1.46 bits per heavy atom. The third-order valence-electron chi connectivity index (χ3n) is 2.29. The molecule has 1 unspecified atom stereocenters. The highest BCUT2D eigenvalue weighted by Crippen LogP contribution is 2.21. The van der Waals surface area contributed by atoms with Gasteiger partial charge in [-0.25, -0.2) is 0 Å². The fourth-order valence-corrected chi connectivity index (χ4v) is 1.98. The number of benzene rings is 1. The SMILES string of the molecule is N#CC1Cc2cc(Br)ccc2CN1. The van der Waals surface area contributed by atoms with Crippen molar-refractivity contribution in [3.05, 3.63) is 33.8 Å². The number of nitrogens with one attached hydrogen (secondary N) is 1. The maximum atomic E-state index is 8.76. The van der Waals surface area contributed by atoms with Crippen molar-refractivity contribution in [3.8, 4) is 6.07 Å². The molecule has 0 aromatic heterocycles. The fourth-order valence-electron chi connectivity index (χ4n) is 1.57. The van der Waals surface area contributed by atoms with Crippen molar-refractivity contribution in [2.75, 3.05) is 0 Å². The van der Waals surface area contributed by atoms with E-state index in [0.29, 0.717) is 0 Å². The quantitative estimate of drug-likeness (QED) is 0.748. The van der Waals surface area contributed by atoms with Crippen molar-refractivity contribution >= 4 is 15.9 Å². The number of hydrogen-bond donors (Lipinski definition) is 1. The van der Waals surface area contributed by atoms with Gasteiger partial charge in [0.1, 0.15) is 0 Å². The second-order valence-corrected chi connectivity index (χ2v) is 4.10. The van der Waals surface area contributed by atoms with Crippen LogP contribution in [0.1, 0.15) is 11.1 Å². The van der Waals surface area contributed by atoms with Crippen molar-refractivity contribution in [2.45, 2.75) is 19.0 Å². The van der Waals surface area contributed by atoms with Crippen LogP contribution >= 0.6 is 15.9 Å². The molecule has 13 heavy (non-hydrogen) atoms. The summed E-state index contributed by atoms with van der Waals surface area (Å²) in [6, 6.07) is 8.44. The predicted octanol–water partition coefficient (Wildman–Crippen LogP) is 1.99. The molecule has 1 aromatic carbocycles. The zero-order valence-electron chi connectivity index (χ0n) is 7.05. The van der Waals surface area contributed by atoms with Gasteiger partial charge in [0.25, 0.3) is 0 Å². The van der Waals surface area contributed by atoms with E-state index in [1.54, 1.807) is 0 Å². The molecule has 1 atom stereocenters. The van der Waals surface area contributed by atoms with Gasteiger partial charge in [-0.1, -0.05) is 22.0 Å². The van der Waals surface area contributed by atoms with Crippen LogP contribution in [-0.2, 0) is 13.0 Å². The van der Waals surface area contributed by atoms with Crippen LogP contribution in [0.3, 0.4) is 0 Å². The van der Waals surface area contributed by atoms with Crippen LogP contribution in [0.2, 0.25) is 0 Å². The van der Waals surface area contributed by atoms with Crippen molar-refractivity contribution in [3.63, 3.8) is 0 Å². The minimum atomic E-state index is -0.0261. The molecule has 1 aromatic rings. The minimum Gasteiger partial charge on any atom is -0.298 e. The molecular formula is C10H9BrN2. The Morgan fingerprint density at radius 2 is 2.31 bits per heavy atom. The van der Waals surface area contributed by atoms with Crippen molar-refractivity contribution in [1.82, 2.24) is 5.32 Å². The van der Waals surface area contributed by atoms with E-state index in [4.69, 9.17) is 5.26 Å². The molecule has 0 saturated carbocycles. The minimum absolute atomic E-state index is 0.0261. The molecule has 2 nitrogen and oxygen atoms in total. The van der Waals surface area contributed by atoms with Gasteiger partial charge in [-0.2, -0.15) is 5.26 Å². The monoisotopic (exact) mass is 236 g/mol. The number of fused-ring (bicyclic) bond motifs is 1. The molecule has 1 aliphatic heterocycles. The van der Waals surface area contributed by atoms with Gasteiger partial charge in [0, 0.05) is 17.4 Å². The zero-order valence-corrected chi connectivity index (χ0v) is 8.63. The molecule has 1 aliphatic rings. The lowest BCUT2D eigenvalue weighted by Gasteiger charge is -2.21. The lowest BCUT2D eigenvalue weighted by Crippen LogP contribution is -2.34. The topological polar surface area (TPSA) is 35.8 Å². The van der Waals surface area contributed by atoms with Gasteiger partial charge in [-0.05, 0) is 23.3 Å². The third kappa shape index (κ3) is 1.74. The van der Waals surface area contributed by atoms with Crippen LogP contribution in [0.5, 0.6) is 0 Å². The van der Waals surface area contributed by atoms with Gasteiger partial charge >= 0.3 is 0 Å². The lowest BCUT2D eigenvalue weighted by molar-refractivity contribution is 0.562. The average Bonchev–Trinajstić information content (AvgIpc) is 2.16. The molecule has 66 valence electrons. The first-order chi connectivity index (χ1) is 6.29. The summed E-state index contributed by atoms with van der Waals surface area (Å²) in [6.07, 6.45) is 0.811. The second-order valence-electron chi connectivity index (χ2n) is 3.18. The first-order valence-electron chi connectivity index (χ1n) is 4.20. The van der Waals surface area contributed by atoms with Crippen molar-refractivity contribution in [1.29, 1.82) is 5.26 Å². The maximum Gasteiger partial charge on any atom is 0.0996 e. The van der Waals surface area contributed by atoms with Gasteiger partial charge in [-0.3, -0.25) is 5.32 Å². The van der Waals surface area contributed by atoms with Crippen LogP contribution in [-0.4, -0.2) is 6.04 Å². The molecule has 0 amide bonds. The summed E-state index contributed by atoms with van der Waals surface area (Å²) < 4.78 is 1.09. The van der Waals surface area contributed by atoms with Crippen molar-refractivity contribution in [2.24, 2.45) is 0 Å². The van der Waals surface area contributed by atoms with Crippen LogP contribution in [0.25, 0.3) is 0 Å². The van der Waals surface area contributed by atoms with E-state index in [2.05, 4.69) is 39.4 Å². The molecule has 0 aliphatic carbocycles. The summed E-state index contributed by atoms with van der Waals surface area (Å²) in [4.78, 5) is 0. The van der Waals surface area contributed by atoms with E-state index >= 15 is 0 Å². The highest BCUT2D eigenvalue weighted by atomic mass is 79.9. The summed E-state index contributed by atoms with van der Waals surface area (Å²) in [7, 11) is 0. The first kappa shape index (κ1) is 8.74. The Labute approximate surface area is 85.7 Å². The second kappa shape index (κ2) is 3.49. The molecule has 1 N–H and O–H groups in total. The molecule has 0 saturated heterocycles. The van der Waals surface area contributed by atoms with Crippen LogP contribution in [0, 0.1) is 11.3 Å². The largest absolute Gasteiger partial charge is 0.298 e. The molecule has 0 radical (unpaired) electrons. The lowest BCUT2D eigenvalue weighted by atomic mass is 9.97. The van der Waals surface area contributed by atoms with Gasteiger partial charge in [-0.15, -0.1) is 0 Å². The number of rotatable bonds is 0. The molecule has 3 heteroatoms. The summed E-state index contributed by atoms with van der Waals surface area (Å²) in [5.41, 5.74) is 2.58. The summed E-state index contributed by atoms with van der Waals surface area (Å²) in [5, 5.41) is 11.9. The highest BCUT2D eigenvalue weighted by molar-refractivity contribution is 9.10. The van der Waals surface area contributed by atoms with E-state index in [1.807, 2.05) is 6.07 Å². The molecule has 1 heterocycles. The standard InChI is InChI=1S/C10H9BrN2/c11-9-2-1-7-6-13-10(5-12)4-8(7)3-9/h1-3,10,13H,4,6H2. The van der Waals surface area contributed by atoms with Gasteiger partial charge < -0.3 is 0 Å². The number of nitriles is 1. The van der Waals surface area contributed by atoms with E-state index < -0.39 is 0 Å². The van der Waals surface area contributed by atoms with Crippen LogP contribution in [0.15, 0.2) is 22.7 Å². The maximum absolute atomic E-state index is 8.76. The number of hydrogen-bond acceptors (Lipinski definition) is 2. The predicted molar refractivity (Wildman–Crippen MR) is 54.1 cm³/mol. The number of nitrogens with zero attached hydrogens (tertiary/aromatic N) is 1. The third-order valence-corrected chi connectivity index (χ3v) is 2.78. The molecule has 0 bridgehead atoms. The Bertz CT molecular complexity index is 368. The van der Waals surface area contributed by atoms with Gasteiger partial charge in [0.2, 0.25) is 0 Å².